The fraction of sp³-hybridized carbons (Fsp3) is 0.421. The van der Waals surface area contributed by atoms with Gasteiger partial charge in [-0.15, -0.1) is 10.2 Å². The minimum atomic E-state index is -0.235. The second-order valence-corrected chi connectivity index (χ2v) is 7.19. The molecule has 1 aliphatic heterocycles. The van der Waals surface area contributed by atoms with Gasteiger partial charge in [0, 0.05) is 18.5 Å². The highest BCUT2D eigenvalue weighted by Gasteiger charge is 2.32. The number of anilines is 1. The Kier molecular flexibility index (Phi) is 4.36. The van der Waals surface area contributed by atoms with Crippen molar-refractivity contribution < 1.29 is 4.74 Å². The van der Waals surface area contributed by atoms with Crippen LogP contribution in [-0.2, 0) is 17.6 Å². The molecule has 0 spiro atoms. The van der Waals surface area contributed by atoms with Gasteiger partial charge in [-0.05, 0) is 49.4 Å². The molecule has 1 fully saturated rings. The molecule has 2 atom stereocenters. The Morgan fingerprint density at radius 3 is 2.96 bits per heavy atom. The van der Waals surface area contributed by atoms with Crippen LogP contribution >= 0.6 is 0 Å². The summed E-state index contributed by atoms with van der Waals surface area (Å²) in [4.78, 5) is 12.5. The third-order valence-corrected chi connectivity index (χ3v) is 5.32. The van der Waals surface area contributed by atoms with Gasteiger partial charge in [-0.25, -0.2) is 9.36 Å². The van der Waals surface area contributed by atoms with Crippen molar-refractivity contribution in [3.8, 4) is 5.82 Å². The molecule has 9 heteroatoms. The number of aryl methyl sites for hydroxylation is 2. The fourth-order valence-corrected chi connectivity index (χ4v) is 3.85. The molecule has 0 radical (unpaired) electrons. The number of nitrogens with one attached hydrogen (secondary N) is 1. The van der Waals surface area contributed by atoms with Gasteiger partial charge >= 0.3 is 0 Å². The summed E-state index contributed by atoms with van der Waals surface area (Å²) in [5.41, 5.74) is 2.19. The SMILES string of the molecule is O=c1ccc(-n2cccn2)nn1C1COCC1Nc1cc2c(nn1)CCCC2. The minimum absolute atomic E-state index is 0.117. The maximum atomic E-state index is 12.5. The topological polar surface area (TPSA) is 99.8 Å². The molecule has 2 aliphatic rings. The number of aromatic nitrogens is 6. The molecule has 0 amide bonds. The van der Waals surface area contributed by atoms with Crippen molar-refractivity contribution in [2.45, 2.75) is 37.8 Å². The van der Waals surface area contributed by atoms with Gasteiger partial charge in [-0.2, -0.15) is 10.2 Å². The summed E-state index contributed by atoms with van der Waals surface area (Å²) < 4.78 is 8.77. The molecule has 0 aromatic carbocycles. The summed E-state index contributed by atoms with van der Waals surface area (Å²) in [5.74, 6) is 1.31. The van der Waals surface area contributed by atoms with Gasteiger partial charge < -0.3 is 10.1 Å². The second kappa shape index (κ2) is 7.16. The molecule has 144 valence electrons. The van der Waals surface area contributed by atoms with Gasteiger partial charge in [-0.3, -0.25) is 4.79 Å². The molecule has 3 aromatic rings. The van der Waals surface area contributed by atoms with Crippen LogP contribution in [0, 0.1) is 0 Å². The monoisotopic (exact) mass is 379 g/mol. The number of rotatable bonds is 4. The molecule has 28 heavy (non-hydrogen) atoms. The second-order valence-electron chi connectivity index (χ2n) is 7.19. The molecular formula is C19H21N7O2. The highest BCUT2D eigenvalue weighted by Crippen LogP contribution is 2.24. The lowest BCUT2D eigenvalue weighted by Gasteiger charge is -2.22. The smallest absolute Gasteiger partial charge is 0.267 e. The third-order valence-electron chi connectivity index (χ3n) is 5.32. The van der Waals surface area contributed by atoms with Gasteiger partial charge in [-0.1, -0.05) is 0 Å². The Labute approximate surface area is 161 Å². The van der Waals surface area contributed by atoms with E-state index in [0.717, 1.165) is 24.4 Å². The third kappa shape index (κ3) is 3.18. The first-order valence-corrected chi connectivity index (χ1v) is 9.57. The summed E-state index contributed by atoms with van der Waals surface area (Å²) in [6.45, 7) is 0.884. The number of ether oxygens (including phenoxy) is 1. The van der Waals surface area contributed by atoms with Gasteiger partial charge in [0.15, 0.2) is 5.82 Å². The molecular weight excluding hydrogens is 358 g/mol. The van der Waals surface area contributed by atoms with Gasteiger partial charge in [0.25, 0.3) is 5.56 Å². The van der Waals surface area contributed by atoms with Crippen molar-refractivity contribution >= 4 is 5.82 Å². The first-order chi connectivity index (χ1) is 13.8. The molecule has 1 N–H and O–H groups in total. The zero-order valence-corrected chi connectivity index (χ0v) is 15.4. The Morgan fingerprint density at radius 1 is 1.14 bits per heavy atom. The molecule has 1 saturated heterocycles. The van der Waals surface area contributed by atoms with E-state index in [9.17, 15) is 4.79 Å². The van der Waals surface area contributed by atoms with Gasteiger partial charge in [0.1, 0.15) is 11.9 Å². The number of hydrogen-bond donors (Lipinski definition) is 1. The van der Waals surface area contributed by atoms with Gasteiger partial charge in [0.05, 0.1) is 24.9 Å². The maximum Gasteiger partial charge on any atom is 0.267 e. The van der Waals surface area contributed by atoms with Crippen LogP contribution in [0.25, 0.3) is 5.82 Å². The van der Waals surface area contributed by atoms with Crippen LogP contribution in [0.1, 0.15) is 30.1 Å². The molecule has 5 rings (SSSR count). The Balaban J connectivity index is 1.41. The summed E-state index contributed by atoms with van der Waals surface area (Å²) in [5, 5.41) is 20.8. The van der Waals surface area contributed by atoms with Crippen molar-refractivity contribution in [3.63, 3.8) is 0 Å². The Hall–Kier alpha value is -3.07. The first kappa shape index (κ1) is 17.1. The van der Waals surface area contributed by atoms with E-state index in [4.69, 9.17) is 4.74 Å². The zero-order valence-electron chi connectivity index (χ0n) is 15.4. The van der Waals surface area contributed by atoms with Crippen LogP contribution in [0.2, 0.25) is 0 Å². The number of fused-ring (bicyclic) bond motifs is 1. The summed E-state index contributed by atoms with van der Waals surface area (Å²) >= 11 is 0. The molecule has 0 bridgehead atoms. The average molecular weight is 379 g/mol. The van der Waals surface area contributed by atoms with E-state index >= 15 is 0 Å². The van der Waals surface area contributed by atoms with E-state index in [2.05, 4.69) is 31.8 Å². The molecule has 9 nitrogen and oxygen atoms in total. The van der Waals surface area contributed by atoms with Crippen LogP contribution in [0.5, 0.6) is 0 Å². The highest BCUT2D eigenvalue weighted by molar-refractivity contribution is 5.40. The highest BCUT2D eigenvalue weighted by atomic mass is 16.5. The quantitative estimate of drug-likeness (QED) is 0.726. The van der Waals surface area contributed by atoms with Crippen LogP contribution in [-0.4, -0.2) is 49.0 Å². The van der Waals surface area contributed by atoms with E-state index < -0.39 is 0 Å². The summed E-state index contributed by atoms with van der Waals surface area (Å²) in [6, 6.07) is 6.72. The van der Waals surface area contributed by atoms with Crippen molar-refractivity contribution in [1.82, 2.24) is 29.8 Å². The van der Waals surface area contributed by atoms with Crippen LogP contribution in [0.3, 0.4) is 0 Å². The Bertz CT molecular complexity index is 1030. The predicted octanol–water partition coefficient (Wildman–Crippen LogP) is 1.15. The summed E-state index contributed by atoms with van der Waals surface area (Å²) in [6.07, 6.45) is 7.87. The standard InChI is InChI=1S/C19H21N7O2/c27-19-7-6-18(25-9-3-8-20-25)24-26(19)16-12-28-11-15(16)21-17-10-13-4-1-2-5-14(13)22-23-17/h3,6-10,15-16H,1-2,4-5,11-12H2,(H,21,23). The molecule has 2 unspecified atom stereocenters. The first-order valence-electron chi connectivity index (χ1n) is 9.57. The number of nitrogens with zero attached hydrogens (tertiary/aromatic N) is 6. The lowest BCUT2D eigenvalue weighted by Crippen LogP contribution is -2.37. The van der Waals surface area contributed by atoms with E-state index in [1.807, 2.05) is 6.07 Å². The average Bonchev–Trinajstić information content (AvgIpc) is 3.41. The minimum Gasteiger partial charge on any atom is -0.377 e. The van der Waals surface area contributed by atoms with E-state index in [1.54, 1.807) is 23.1 Å². The lowest BCUT2D eigenvalue weighted by atomic mass is 9.97. The van der Waals surface area contributed by atoms with Crippen molar-refractivity contribution in [3.05, 3.63) is 58.3 Å². The maximum absolute atomic E-state index is 12.5. The van der Waals surface area contributed by atoms with Crippen LogP contribution < -0.4 is 10.9 Å². The van der Waals surface area contributed by atoms with Crippen molar-refractivity contribution in [1.29, 1.82) is 0 Å². The largest absolute Gasteiger partial charge is 0.377 e. The molecule has 0 saturated carbocycles. The van der Waals surface area contributed by atoms with Gasteiger partial charge in [0.2, 0.25) is 0 Å². The van der Waals surface area contributed by atoms with Crippen molar-refractivity contribution in [2.24, 2.45) is 0 Å². The fourth-order valence-electron chi connectivity index (χ4n) is 3.85. The predicted molar refractivity (Wildman–Crippen MR) is 102 cm³/mol. The lowest BCUT2D eigenvalue weighted by molar-refractivity contribution is 0.182. The molecule has 1 aliphatic carbocycles. The Morgan fingerprint density at radius 2 is 2.07 bits per heavy atom. The number of hydrogen-bond acceptors (Lipinski definition) is 7. The molecule has 3 aromatic heterocycles. The van der Waals surface area contributed by atoms with E-state index in [1.165, 1.54) is 29.2 Å². The van der Waals surface area contributed by atoms with E-state index in [-0.39, 0.29) is 17.6 Å². The molecule has 4 heterocycles. The van der Waals surface area contributed by atoms with E-state index in [0.29, 0.717) is 19.0 Å². The van der Waals surface area contributed by atoms with Crippen LogP contribution in [0.4, 0.5) is 5.82 Å². The normalized spacial score (nSPS) is 21.4. The van der Waals surface area contributed by atoms with Crippen LogP contribution in [0.15, 0.2) is 41.5 Å². The van der Waals surface area contributed by atoms with Crippen molar-refractivity contribution in [2.75, 3.05) is 18.5 Å². The zero-order chi connectivity index (χ0) is 18.9. The summed E-state index contributed by atoms with van der Waals surface area (Å²) in [7, 11) is 0.